The van der Waals surface area contributed by atoms with Crippen LogP contribution in [0.25, 0.3) is 21.9 Å². The lowest BCUT2D eigenvalue weighted by Gasteiger charge is -2.70. The number of aryl methyl sites for hydroxylation is 1. The van der Waals surface area contributed by atoms with Crippen molar-refractivity contribution in [2.45, 2.75) is 64.8 Å². The summed E-state index contributed by atoms with van der Waals surface area (Å²) < 4.78 is 60.5. The van der Waals surface area contributed by atoms with E-state index in [9.17, 15) is 27.2 Å². The van der Waals surface area contributed by atoms with E-state index in [0.717, 1.165) is 23.5 Å². The van der Waals surface area contributed by atoms with Crippen LogP contribution in [-0.4, -0.2) is 33.4 Å². The molecule has 13 heteroatoms. The highest BCUT2D eigenvalue weighted by Crippen LogP contribution is 2.76. The Morgan fingerprint density at radius 3 is 2.39 bits per heavy atom. The number of aromatic nitrogens is 3. The molecule has 3 heterocycles. The lowest BCUT2D eigenvalue weighted by Crippen LogP contribution is -2.68. The zero-order valence-electron chi connectivity index (χ0n) is 24.1. The third-order valence-corrected chi connectivity index (χ3v) is 9.51. The Balaban J connectivity index is 1.47. The molecule has 0 unspecified atom stereocenters. The number of hydrogen-bond donors (Lipinski definition) is 2. The third-order valence-electron chi connectivity index (χ3n) is 8.41. The standard InChI is InChI=1S/C31H29F4N5O3S/c1-14(2)8-19-22(26(36)41)23(20-6-7-21(44-20)27(42)37-10-16-4-5-17(32)18(33)9-16)24(28-40-39-15(3)43-28)25(38-19)30-11-31(12-30,13-30)29(34)35/h4-7,9,14,29H,8,10-13H2,1-3H3,(H2,36,41)(H,37,42). The number of carbonyl (C=O) groups is 2. The van der Waals surface area contributed by atoms with Gasteiger partial charge in [-0.05, 0) is 61.4 Å². The summed E-state index contributed by atoms with van der Waals surface area (Å²) in [6.07, 6.45) is -1.34. The summed E-state index contributed by atoms with van der Waals surface area (Å²) in [6, 6.07) is 6.59. The van der Waals surface area contributed by atoms with Gasteiger partial charge in [-0.25, -0.2) is 17.6 Å². The van der Waals surface area contributed by atoms with E-state index in [1.54, 1.807) is 19.1 Å². The second-order valence-corrected chi connectivity index (χ2v) is 13.3. The number of carbonyl (C=O) groups excluding carboxylic acids is 2. The van der Waals surface area contributed by atoms with Gasteiger partial charge in [0.15, 0.2) is 11.6 Å². The molecule has 3 aromatic heterocycles. The molecule has 230 valence electrons. The van der Waals surface area contributed by atoms with Crippen LogP contribution in [0.2, 0.25) is 0 Å². The minimum atomic E-state index is -2.46. The van der Waals surface area contributed by atoms with Gasteiger partial charge in [-0.2, -0.15) is 0 Å². The van der Waals surface area contributed by atoms with Gasteiger partial charge in [0.1, 0.15) is 0 Å². The molecule has 0 radical (unpaired) electrons. The Labute approximate surface area is 254 Å². The summed E-state index contributed by atoms with van der Waals surface area (Å²) >= 11 is 1.08. The van der Waals surface area contributed by atoms with Crippen LogP contribution in [0.1, 0.15) is 76.0 Å². The van der Waals surface area contributed by atoms with Gasteiger partial charge in [0.25, 0.3) is 11.8 Å². The fraction of sp³-hybridized carbons (Fsp3) is 0.387. The van der Waals surface area contributed by atoms with Crippen molar-refractivity contribution in [3.05, 3.63) is 75.2 Å². The number of thiophene rings is 1. The highest BCUT2D eigenvalue weighted by atomic mass is 32.1. The van der Waals surface area contributed by atoms with Crippen LogP contribution in [0.5, 0.6) is 0 Å². The predicted octanol–water partition coefficient (Wildman–Crippen LogP) is 6.36. The second-order valence-electron chi connectivity index (χ2n) is 12.2. The molecule has 0 saturated heterocycles. The number of pyridine rings is 1. The van der Waals surface area contributed by atoms with Crippen molar-refractivity contribution in [1.82, 2.24) is 20.5 Å². The predicted molar refractivity (Wildman–Crippen MR) is 154 cm³/mol. The molecule has 1 aromatic carbocycles. The summed E-state index contributed by atoms with van der Waals surface area (Å²) in [7, 11) is 0. The number of rotatable bonds is 10. The molecule has 0 aliphatic heterocycles. The highest BCUT2D eigenvalue weighted by Gasteiger charge is 2.73. The molecular weight excluding hydrogens is 598 g/mol. The van der Waals surface area contributed by atoms with Gasteiger partial charge in [0, 0.05) is 34.7 Å². The Morgan fingerprint density at radius 2 is 1.80 bits per heavy atom. The molecule has 0 atom stereocenters. The first-order valence-corrected chi connectivity index (χ1v) is 14.9. The van der Waals surface area contributed by atoms with E-state index >= 15 is 0 Å². The van der Waals surface area contributed by atoms with Crippen molar-refractivity contribution in [3.63, 3.8) is 0 Å². The van der Waals surface area contributed by atoms with Crippen molar-refractivity contribution in [2.75, 3.05) is 0 Å². The maximum atomic E-state index is 13.9. The van der Waals surface area contributed by atoms with E-state index in [-0.39, 0.29) is 53.9 Å². The van der Waals surface area contributed by atoms with Gasteiger partial charge >= 0.3 is 0 Å². The maximum absolute atomic E-state index is 13.9. The van der Waals surface area contributed by atoms with Crippen LogP contribution in [0.4, 0.5) is 17.6 Å². The fourth-order valence-corrected chi connectivity index (χ4v) is 7.51. The summed E-state index contributed by atoms with van der Waals surface area (Å²) in [6.45, 7) is 5.50. The third kappa shape index (κ3) is 4.96. The maximum Gasteiger partial charge on any atom is 0.261 e. The number of nitrogens with one attached hydrogen (secondary N) is 1. The normalized spacial score (nSPS) is 20.5. The van der Waals surface area contributed by atoms with Crippen molar-refractivity contribution in [2.24, 2.45) is 17.1 Å². The van der Waals surface area contributed by atoms with Gasteiger partial charge < -0.3 is 15.5 Å². The number of halogens is 4. The molecule has 44 heavy (non-hydrogen) atoms. The number of nitrogens with two attached hydrogens (primary N) is 1. The molecule has 3 fully saturated rings. The monoisotopic (exact) mass is 627 g/mol. The number of alkyl halides is 2. The molecule has 2 amide bonds. The topological polar surface area (TPSA) is 124 Å². The first-order valence-electron chi connectivity index (χ1n) is 14.1. The number of benzene rings is 1. The summed E-state index contributed by atoms with van der Waals surface area (Å²) in [4.78, 5) is 31.9. The minimum absolute atomic E-state index is 0.0470. The lowest BCUT2D eigenvalue weighted by molar-refractivity contribution is -0.223. The Morgan fingerprint density at radius 1 is 1.07 bits per heavy atom. The first kappa shape index (κ1) is 29.9. The molecule has 8 nitrogen and oxygen atoms in total. The zero-order valence-corrected chi connectivity index (χ0v) is 25.0. The summed E-state index contributed by atoms with van der Waals surface area (Å²) in [5.74, 6) is -2.81. The summed E-state index contributed by atoms with van der Waals surface area (Å²) in [5.41, 5.74) is 6.46. The van der Waals surface area contributed by atoms with Gasteiger partial charge in [-0.1, -0.05) is 19.9 Å². The number of nitrogens with zero attached hydrogens (tertiary/aromatic N) is 3. The Hall–Kier alpha value is -4.13. The van der Waals surface area contributed by atoms with E-state index in [1.165, 1.54) is 6.07 Å². The first-order chi connectivity index (χ1) is 20.8. The molecule has 7 rings (SSSR count). The Bertz CT molecular complexity index is 1780. The van der Waals surface area contributed by atoms with Crippen molar-refractivity contribution >= 4 is 23.2 Å². The molecule has 3 saturated carbocycles. The van der Waals surface area contributed by atoms with Gasteiger partial charge in [-0.15, -0.1) is 21.5 Å². The number of amides is 2. The van der Waals surface area contributed by atoms with Crippen LogP contribution >= 0.6 is 11.3 Å². The fourth-order valence-electron chi connectivity index (χ4n) is 6.53. The van der Waals surface area contributed by atoms with Crippen molar-refractivity contribution in [1.29, 1.82) is 0 Å². The summed E-state index contributed by atoms with van der Waals surface area (Å²) in [5, 5.41) is 10.9. The smallest absolute Gasteiger partial charge is 0.261 e. The average Bonchev–Trinajstić information content (AvgIpc) is 3.56. The molecule has 2 bridgehead atoms. The molecule has 4 aromatic rings. The van der Waals surface area contributed by atoms with E-state index < -0.39 is 40.7 Å². The van der Waals surface area contributed by atoms with Crippen molar-refractivity contribution < 1.29 is 31.6 Å². The van der Waals surface area contributed by atoms with Crippen LogP contribution in [0.3, 0.4) is 0 Å². The van der Waals surface area contributed by atoms with E-state index in [0.29, 0.717) is 39.4 Å². The second kappa shape index (κ2) is 10.8. The lowest BCUT2D eigenvalue weighted by atomic mass is 9.34. The van der Waals surface area contributed by atoms with Gasteiger partial charge in [-0.3, -0.25) is 14.6 Å². The molecule has 3 N–H and O–H groups in total. The zero-order chi connectivity index (χ0) is 31.6. The largest absolute Gasteiger partial charge is 0.421 e. The molecule has 3 aliphatic rings. The van der Waals surface area contributed by atoms with Gasteiger partial charge in [0.2, 0.25) is 18.2 Å². The number of hydrogen-bond acceptors (Lipinski definition) is 7. The van der Waals surface area contributed by atoms with E-state index in [1.807, 2.05) is 13.8 Å². The molecular formula is C31H29F4N5O3S. The quantitative estimate of drug-likeness (QED) is 0.197. The highest BCUT2D eigenvalue weighted by molar-refractivity contribution is 7.17. The molecule has 0 spiro atoms. The average molecular weight is 628 g/mol. The van der Waals surface area contributed by atoms with E-state index in [2.05, 4.69) is 15.5 Å². The van der Waals surface area contributed by atoms with Crippen LogP contribution in [0.15, 0.2) is 34.7 Å². The van der Waals surface area contributed by atoms with Crippen LogP contribution < -0.4 is 11.1 Å². The van der Waals surface area contributed by atoms with Crippen LogP contribution in [0, 0.1) is 29.9 Å². The molecule has 3 aliphatic carbocycles. The Kier molecular flexibility index (Phi) is 7.34. The minimum Gasteiger partial charge on any atom is -0.421 e. The van der Waals surface area contributed by atoms with Crippen molar-refractivity contribution in [3.8, 4) is 21.9 Å². The van der Waals surface area contributed by atoms with E-state index in [4.69, 9.17) is 15.1 Å². The van der Waals surface area contributed by atoms with Gasteiger partial charge in [0.05, 0.1) is 27.4 Å². The SMILES string of the molecule is Cc1nnc(-c2c(C34CC(C(F)F)(C3)C4)nc(CC(C)C)c(C(N)=O)c2-c2ccc(C(=O)NCc3ccc(F)c(F)c3)s2)o1. The number of primary amides is 1. The van der Waals surface area contributed by atoms with Crippen LogP contribution in [-0.2, 0) is 18.4 Å².